The van der Waals surface area contributed by atoms with Crippen molar-refractivity contribution in [3.63, 3.8) is 0 Å². The maximum absolute atomic E-state index is 12.7. The van der Waals surface area contributed by atoms with Crippen molar-refractivity contribution in [1.29, 1.82) is 0 Å². The molecule has 5 aromatic rings. The van der Waals surface area contributed by atoms with Crippen LogP contribution < -0.4 is 0 Å². The minimum atomic E-state index is 0.190. The van der Waals surface area contributed by atoms with Gasteiger partial charge in [0.25, 0.3) is 0 Å². The molecule has 0 radical (unpaired) electrons. The van der Waals surface area contributed by atoms with Gasteiger partial charge in [-0.05, 0) is 47.0 Å². The molecule has 2 N–H and O–H groups in total. The number of aromatic nitrogens is 4. The number of aromatic amines is 2. The maximum atomic E-state index is 12.7. The standard InChI is InChI=1S/C25H20N4O/c30-20(14-19-16-27-23-6-2-1-5-21(19)23)12-18-8-10-25-22(13-18)24(28-29-25)9-7-17-4-3-11-26-15-17/h1-11,13,15-16,27H,12,14H2,(H,28,29)/b9-7+. The van der Waals surface area contributed by atoms with Gasteiger partial charge in [0.15, 0.2) is 0 Å². The molecule has 0 amide bonds. The summed E-state index contributed by atoms with van der Waals surface area (Å²) in [6.45, 7) is 0. The van der Waals surface area contributed by atoms with Crippen LogP contribution in [0.25, 0.3) is 34.0 Å². The first-order valence-electron chi connectivity index (χ1n) is 9.88. The molecule has 2 aromatic carbocycles. The summed E-state index contributed by atoms with van der Waals surface area (Å²) in [6.07, 6.45) is 10.3. The molecule has 0 fully saturated rings. The van der Waals surface area contributed by atoms with E-state index >= 15 is 0 Å². The number of benzene rings is 2. The summed E-state index contributed by atoms with van der Waals surface area (Å²) in [6, 6.07) is 18.0. The number of nitrogens with one attached hydrogen (secondary N) is 2. The van der Waals surface area contributed by atoms with E-state index in [-0.39, 0.29) is 5.78 Å². The molecular weight excluding hydrogens is 372 g/mol. The average Bonchev–Trinajstić information content (AvgIpc) is 3.37. The van der Waals surface area contributed by atoms with Crippen molar-refractivity contribution < 1.29 is 4.79 Å². The highest BCUT2D eigenvalue weighted by atomic mass is 16.1. The van der Waals surface area contributed by atoms with Crippen molar-refractivity contribution in [1.82, 2.24) is 20.2 Å². The number of hydrogen-bond donors (Lipinski definition) is 2. The van der Waals surface area contributed by atoms with E-state index in [4.69, 9.17) is 0 Å². The lowest BCUT2D eigenvalue weighted by atomic mass is 10.0. The van der Waals surface area contributed by atoms with E-state index < -0.39 is 0 Å². The summed E-state index contributed by atoms with van der Waals surface area (Å²) in [4.78, 5) is 20.1. The Balaban J connectivity index is 1.35. The summed E-state index contributed by atoms with van der Waals surface area (Å²) in [7, 11) is 0. The number of nitrogens with zero attached hydrogens (tertiary/aromatic N) is 2. The summed E-state index contributed by atoms with van der Waals surface area (Å²) in [5.74, 6) is 0.190. The number of para-hydroxylation sites is 1. The van der Waals surface area contributed by atoms with Crippen LogP contribution in [0.5, 0.6) is 0 Å². The zero-order valence-corrected chi connectivity index (χ0v) is 16.3. The van der Waals surface area contributed by atoms with Crippen molar-refractivity contribution in [2.75, 3.05) is 0 Å². The molecule has 0 aliphatic rings. The lowest BCUT2D eigenvalue weighted by Gasteiger charge is -2.02. The SMILES string of the molecule is O=C(Cc1ccc2n[nH]c(/C=C/c3cccnc3)c2c1)Cc1c[nH]c2ccccc12. The summed E-state index contributed by atoms with van der Waals surface area (Å²) < 4.78 is 0. The number of ketones is 1. The normalized spacial score (nSPS) is 11.6. The first kappa shape index (κ1) is 18.1. The predicted molar refractivity (Wildman–Crippen MR) is 120 cm³/mol. The van der Waals surface area contributed by atoms with Crippen LogP contribution in [0.2, 0.25) is 0 Å². The predicted octanol–water partition coefficient (Wildman–Crippen LogP) is 4.96. The Morgan fingerprint density at radius 3 is 2.80 bits per heavy atom. The Bertz CT molecular complexity index is 1360. The fourth-order valence-corrected chi connectivity index (χ4v) is 3.75. The van der Waals surface area contributed by atoms with E-state index in [1.807, 2.05) is 73.1 Å². The molecule has 0 aliphatic heterocycles. The van der Waals surface area contributed by atoms with Gasteiger partial charge in [-0.25, -0.2) is 0 Å². The van der Waals surface area contributed by atoms with E-state index in [9.17, 15) is 4.79 Å². The monoisotopic (exact) mass is 392 g/mol. The quantitative estimate of drug-likeness (QED) is 0.429. The molecule has 146 valence electrons. The number of H-pyrrole nitrogens is 2. The van der Waals surface area contributed by atoms with Gasteiger partial charge in [0.1, 0.15) is 5.78 Å². The van der Waals surface area contributed by atoms with Gasteiger partial charge in [-0.1, -0.05) is 36.4 Å². The Kier molecular flexibility index (Phi) is 4.69. The minimum absolute atomic E-state index is 0.190. The van der Waals surface area contributed by atoms with Crippen LogP contribution in [0.3, 0.4) is 0 Å². The van der Waals surface area contributed by atoms with Crippen LogP contribution >= 0.6 is 0 Å². The van der Waals surface area contributed by atoms with Crippen molar-refractivity contribution >= 4 is 39.7 Å². The first-order chi connectivity index (χ1) is 14.8. The van der Waals surface area contributed by atoms with Crippen LogP contribution in [0, 0.1) is 0 Å². The second-order valence-electron chi connectivity index (χ2n) is 7.36. The second-order valence-corrected chi connectivity index (χ2v) is 7.36. The fourth-order valence-electron chi connectivity index (χ4n) is 3.75. The summed E-state index contributed by atoms with van der Waals surface area (Å²) in [5.41, 5.74) is 5.91. The van der Waals surface area contributed by atoms with Crippen LogP contribution in [0.15, 0.2) is 73.2 Å². The van der Waals surface area contributed by atoms with Gasteiger partial charge in [0, 0.05) is 47.7 Å². The second kappa shape index (κ2) is 7.79. The van der Waals surface area contributed by atoms with Crippen molar-refractivity contribution in [3.8, 4) is 0 Å². The molecule has 5 rings (SSSR count). The molecule has 0 bridgehead atoms. The highest BCUT2D eigenvalue weighted by Crippen LogP contribution is 2.22. The first-order valence-corrected chi connectivity index (χ1v) is 9.88. The Labute approximate surface area is 173 Å². The number of hydrogen-bond acceptors (Lipinski definition) is 3. The number of rotatable bonds is 6. The van der Waals surface area contributed by atoms with Gasteiger partial charge in [0.05, 0.1) is 11.2 Å². The molecule has 5 nitrogen and oxygen atoms in total. The van der Waals surface area contributed by atoms with Crippen molar-refractivity contribution in [2.45, 2.75) is 12.8 Å². The average molecular weight is 392 g/mol. The summed E-state index contributed by atoms with van der Waals surface area (Å²) in [5, 5.41) is 9.56. The molecule has 30 heavy (non-hydrogen) atoms. The van der Waals surface area contributed by atoms with E-state index in [2.05, 4.69) is 26.2 Å². The highest BCUT2D eigenvalue weighted by Gasteiger charge is 2.11. The van der Waals surface area contributed by atoms with Crippen LogP contribution in [0.1, 0.15) is 22.4 Å². The number of Topliss-reactive ketones (excluding diaryl/α,β-unsaturated/α-hetero) is 1. The molecule has 3 aromatic heterocycles. The van der Waals surface area contributed by atoms with Gasteiger partial charge in [-0.15, -0.1) is 0 Å². The van der Waals surface area contributed by atoms with E-state index in [0.717, 1.165) is 44.2 Å². The number of carbonyl (C=O) groups is 1. The molecular formula is C25H20N4O. The van der Waals surface area contributed by atoms with Gasteiger partial charge in [-0.3, -0.25) is 14.9 Å². The fraction of sp³-hybridized carbons (Fsp3) is 0.0800. The van der Waals surface area contributed by atoms with Crippen LogP contribution in [-0.4, -0.2) is 25.9 Å². The van der Waals surface area contributed by atoms with Crippen molar-refractivity contribution in [3.05, 3.63) is 95.6 Å². The molecule has 0 aliphatic carbocycles. The number of fused-ring (bicyclic) bond motifs is 2. The topological polar surface area (TPSA) is 74.4 Å². The van der Waals surface area contributed by atoms with Gasteiger partial charge < -0.3 is 4.98 Å². The molecule has 3 heterocycles. The Hall–Kier alpha value is -3.99. The molecule has 5 heteroatoms. The molecule has 0 spiro atoms. The Morgan fingerprint density at radius 2 is 1.90 bits per heavy atom. The number of carbonyl (C=O) groups excluding carboxylic acids is 1. The van der Waals surface area contributed by atoms with E-state index in [1.54, 1.807) is 6.20 Å². The number of pyridine rings is 1. The third-order valence-electron chi connectivity index (χ3n) is 5.24. The lowest BCUT2D eigenvalue weighted by molar-refractivity contribution is -0.117. The maximum Gasteiger partial charge on any atom is 0.141 e. The van der Waals surface area contributed by atoms with Gasteiger partial charge in [0.2, 0.25) is 0 Å². The van der Waals surface area contributed by atoms with E-state index in [1.165, 1.54) is 0 Å². The van der Waals surface area contributed by atoms with Crippen LogP contribution in [-0.2, 0) is 17.6 Å². The third-order valence-corrected chi connectivity index (χ3v) is 5.24. The molecule has 0 unspecified atom stereocenters. The zero-order valence-electron chi connectivity index (χ0n) is 16.3. The van der Waals surface area contributed by atoms with Gasteiger partial charge in [-0.2, -0.15) is 5.10 Å². The van der Waals surface area contributed by atoms with E-state index in [0.29, 0.717) is 12.8 Å². The summed E-state index contributed by atoms with van der Waals surface area (Å²) >= 11 is 0. The molecule has 0 saturated heterocycles. The zero-order chi connectivity index (χ0) is 20.3. The Morgan fingerprint density at radius 1 is 0.967 bits per heavy atom. The molecule has 0 saturated carbocycles. The lowest BCUT2D eigenvalue weighted by Crippen LogP contribution is -2.06. The van der Waals surface area contributed by atoms with Gasteiger partial charge >= 0.3 is 0 Å². The highest BCUT2D eigenvalue weighted by molar-refractivity contribution is 5.93. The third kappa shape index (κ3) is 3.65. The van der Waals surface area contributed by atoms with Crippen molar-refractivity contribution in [2.24, 2.45) is 0 Å². The largest absolute Gasteiger partial charge is 0.361 e. The molecule has 0 atom stereocenters. The smallest absolute Gasteiger partial charge is 0.141 e. The minimum Gasteiger partial charge on any atom is -0.361 e. The van der Waals surface area contributed by atoms with Crippen LogP contribution in [0.4, 0.5) is 0 Å².